The highest BCUT2D eigenvalue weighted by Crippen LogP contribution is 2.33. The number of ketones is 1. The van der Waals surface area contributed by atoms with Crippen LogP contribution in [-0.2, 0) is 0 Å². The van der Waals surface area contributed by atoms with Crippen LogP contribution in [0.25, 0.3) is 0 Å². The van der Waals surface area contributed by atoms with E-state index in [1.54, 1.807) is 12.1 Å². The minimum atomic E-state index is -0.529. The quantitative estimate of drug-likeness (QED) is 0.479. The molecule has 0 aliphatic rings. The number of hydrogen-bond acceptors (Lipinski definition) is 4. The van der Waals surface area contributed by atoms with E-state index in [2.05, 4.69) is 0 Å². The van der Waals surface area contributed by atoms with Gasteiger partial charge >= 0.3 is 0 Å². The van der Waals surface area contributed by atoms with Crippen LogP contribution in [0.3, 0.4) is 0 Å². The summed E-state index contributed by atoms with van der Waals surface area (Å²) in [6.07, 6.45) is 0. The normalized spacial score (nSPS) is 10.3. The van der Waals surface area contributed by atoms with Crippen molar-refractivity contribution in [3.8, 4) is 0 Å². The van der Waals surface area contributed by atoms with Gasteiger partial charge < -0.3 is 0 Å². The lowest BCUT2D eigenvalue weighted by atomic mass is 10.1. The molecule has 0 aliphatic heterocycles. The van der Waals surface area contributed by atoms with Crippen LogP contribution in [0.1, 0.15) is 22.8 Å². The number of carbonyl (C=O) groups excluding carboxylic acids is 1. The SMILES string of the molecule is CC(=O)c1cc(Sc2ccccc2C)ccc1[N+](=O)[O-]. The lowest BCUT2D eigenvalue weighted by Gasteiger charge is -2.06. The number of Topliss-reactive ketones (excluding diaryl/α,β-unsaturated/α-hetero) is 1. The number of nitro benzene ring substituents is 1. The van der Waals surface area contributed by atoms with Crippen LogP contribution in [0.4, 0.5) is 5.69 Å². The fourth-order valence-corrected chi connectivity index (χ4v) is 2.76. The van der Waals surface area contributed by atoms with Crippen molar-refractivity contribution in [1.82, 2.24) is 0 Å². The van der Waals surface area contributed by atoms with Gasteiger partial charge in [0.1, 0.15) is 0 Å². The van der Waals surface area contributed by atoms with Gasteiger partial charge in [0.25, 0.3) is 5.69 Å². The second-order valence-electron chi connectivity index (χ2n) is 4.36. The molecule has 0 heterocycles. The molecule has 0 bridgehead atoms. The standard InChI is InChI=1S/C15H13NO3S/c1-10-5-3-4-6-15(10)20-12-7-8-14(16(18)19)13(9-12)11(2)17/h3-9H,1-2H3. The Morgan fingerprint density at radius 2 is 1.90 bits per heavy atom. The predicted octanol–water partition coefficient (Wildman–Crippen LogP) is 4.26. The van der Waals surface area contributed by atoms with E-state index in [9.17, 15) is 14.9 Å². The highest BCUT2D eigenvalue weighted by molar-refractivity contribution is 7.99. The molecule has 0 fully saturated rings. The molecule has 2 aromatic carbocycles. The minimum absolute atomic E-state index is 0.147. The summed E-state index contributed by atoms with van der Waals surface area (Å²) < 4.78 is 0. The average Bonchev–Trinajstić information content (AvgIpc) is 2.41. The molecule has 102 valence electrons. The van der Waals surface area contributed by atoms with E-state index < -0.39 is 4.92 Å². The minimum Gasteiger partial charge on any atom is -0.294 e. The smallest absolute Gasteiger partial charge is 0.280 e. The maximum Gasteiger partial charge on any atom is 0.280 e. The van der Waals surface area contributed by atoms with Crippen molar-refractivity contribution < 1.29 is 9.72 Å². The molecule has 5 heteroatoms. The van der Waals surface area contributed by atoms with Gasteiger partial charge in [0.05, 0.1) is 10.5 Å². The molecule has 20 heavy (non-hydrogen) atoms. The topological polar surface area (TPSA) is 60.2 Å². The number of nitrogens with zero attached hydrogens (tertiary/aromatic N) is 1. The summed E-state index contributed by atoms with van der Waals surface area (Å²) in [4.78, 5) is 23.8. The molecule has 0 amide bonds. The number of aryl methyl sites for hydroxylation is 1. The van der Waals surface area contributed by atoms with E-state index >= 15 is 0 Å². The first-order valence-electron chi connectivity index (χ1n) is 6.02. The van der Waals surface area contributed by atoms with Gasteiger partial charge in [-0.15, -0.1) is 0 Å². The third-order valence-corrected chi connectivity index (χ3v) is 4.03. The third kappa shape index (κ3) is 3.05. The van der Waals surface area contributed by atoms with Crippen molar-refractivity contribution in [2.24, 2.45) is 0 Å². The second-order valence-corrected chi connectivity index (χ2v) is 5.48. The third-order valence-electron chi connectivity index (χ3n) is 2.87. The van der Waals surface area contributed by atoms with Crippen LogP contribution in [-0.4, -0.2) is 10.7 Å². The lowest BCUT2D eigenvalue weighted by Crippen LogP contribution is -2.00. The zero-order valence-corrected chi connectivity index (χ0v) is 11.9. The molecule has 0 N–H and O–H groups in total. The van der Waals surface area contributed by atoms with Crippen molar-refractivity contribution in [1.29, 1.82) is 0 Å². The largest absolute Gasteiger partial charge is 0.294 e. The van der Waals surface area contributed by atoms with E-state index in [1.807, 2.05) is 31.2 Å². The van der Waals surface area contributed by atoms with Crippen LogP contribution in [0, 0.1) is 17.0 Å². The van der Waals surface area contributed by atoms with E-state index in [0.717, 1.165) is 15.4 Å². The predicted molar refractivity (Wildman–Crippen MR) is 78.4 cm³/mol. The Kier molecular flexibility index (Phi) is 4.20. The van der Waals surface area contributed by atoms with Gasteiger partial charge in [-0.3, -0.25) is 14.9 Å². The molecule has 0 atom stereocenters. The Morgan fingerprint density at radius 3 is 2.50 bits per heavy atom. The Hall–Kier alpha value is -2.14. The maximum atomic E-state index is 11.5. The highest BCUT2D eigenvalue weighted by Gasteiger charge is 2.18. The van der Waals surface area contributed by atoms with Gasteiger partial charge in [0.2, 0.25) is 0 Å². The number of benzene rings is 2. The lowest BCUT2D eigenvalue weighted by molar-refractivity contribution is -0.385. The van der Waals surface area contributed by atoms with Crippen molar-refractivity contribution in [2.75, 3.05) is 0 Å². The van der Waals surface area contributed by atoms with Gasteiger partial charge in [-0.25, -0.2) is 0 Å². The molecule has 2 rings (SSSR count). The zero-order valence-electron chi connectivity index (χ0n) is 11.1. The van der Waals surface area contributed by atoms with Crippen molar-refractivity contribution in [3.63, 3.8) is 0 Å². The summed E-state index contributed by atoms with van der Waals surface area (Å²) in [5.41, 5.74) is 1.13. The van der Waals surface area contributed by atoms with Gasteiger partial charge in [-0.05, 0) is 37.6 Å². The Labute approximate surface area is 121 Å². The van der Waals surface area contributed by atoms with Gasteiger partial charge in [0.15, 0.2) is 5.78 Å². The van der Waals surface area contributed by atoms with E-state index in [1.165, 1.54) is 24.8 Å². The Bertz CT molecular complexity index is 683. The van der Waals surface area contributed by atoms with Crippen LogP contribution < -0.4 is 0 Å². The molecule has 0 spiro atoms. The van der Waals surface area contributed by atoms with Crippen LogP contribution in [0.5, 0.6) is 0 Å². The summed E-state index contributed by atoms with van der Waals surface area (Å²) in [6.45, 7) is 3.34. The van der Waals surface area contributed by atoms with Gasteiger partial charge in [0, 0.05) is 15.9 Å². The molecule has 0 aliphatic carbocycles. The maximum absolute atomic E-state index is 11.5. The first kappa shape index (κ1) is 14.3. The second kappa shape index (κ2) is 5.88. The van der Waals surface area contributed by atoms with Crippen molar-refractivity contribution >= 4 is 23.2 Å². The first-order chi connectivity index (χ1) is 9.49. The van der Waals surface area contributed by atoms with Gasteiger partial charge in [-0.2, -0.15) is 0 Å². The Balaban J connectivity index is 2.40. The van der Waals surface area contributed by atoms with Crippen LogP contribution >= 0.6 is 11.8 Å². The molecule has 0 unspecified atom stereocenters. The summed E-state index contributed by atoms with van der Waals surface area (Å²) in [5, 5.41) is 10.9. The van der Waals surface area contributed by atoms with Crippen molar-refractivity contribution in [3.05, 3.63) is 63.7 Å². The zero-order chi connectivity index (χ0) is 14.7. The van der Waals surface area contributed by atoms with Crippen LogP contribution in [0.15, 0.2) is 52.3 Å². The van der Waals surface area contributed by atoms with E-state index in [0.29, 0.717) is 0 Å². The summed E-state index contributed by atoms with van der Waals surface area (Å²) in [5.74, 6) is -0.302. The van der Waals surface area contributed by atoms with Crippen LogP contribution in [0.2, 0.25) is 0 Å². The summed E-state index contributed by atoms with van der Waals surface area (Å²) >= 11 is 1.49. The molecule has 0 saturated carbocycles. The number of nitro groups is 1. The molecule has 4 nitrogen and oxygen atoms in total. The number of rotatable bonds is 4. The number of carbonyl (C=O) groups is 1. The van der Waals surface area contributed by atoms with Crippen molar-refractivity contribution in [2.45, 2.75) is 23.6 Å². The molecule has 0 radical (unpaired) electrons. The van der Waals surface area contributed by atoms with E-state index in [-0.39, 0.29) is 17.0 Å². The molecular weight excluding hydrogens is 274 g/mol. The first-order valence-corrected chi connectivity index (χ1v) is 6.83. The highest BCUT2D eigenvalue weighted by atomic mass is 32.2. The number of hydrogen-bond donors (Lipinski definition) is 0. The molecular formula is C15H13NO3S. The summed E-state index contributed by atoms with van der Waals surface area (Å²) in [7, 11) is 0. The van der Waals surface area contributed by atoms with E-state index in [4.69, 9.17) is 0 Å². The summed E-state index contributed by atoms with van der Waals surface area (Å²) in [6, 6.07) is 12.5. The Morgan fingerprint density at radius 1 is 1.20 bits per heavy atom. The fraction of sp³-hybridized carbons (Fsp3) is 0.133. The molecule has 0 saturated heterocycles. The monoisotopic (exact) mass is 287 g/mol. The van der Waals surface area contributed by atoms with Gasteiger partial charge in [-0.1, -0.05) is 30.0 Å². The average molecular weight is 287 g/mol. The molecule has 0 aromatic heterocycles. The molecule has 2 aromatic rings. The fourth-order valence-electron chi connectivity index (χ4n) is 1.82.